The van der Waals surface area contributed by atoms with Gasteiger partial charge in [0, 0.05) is 6.04 Å². The Morgan fingerprint density at radius 1 is 1.38 bits per heavy atom. The van der Waals surface area contributed by atoms with Crippen molar-refractivity contribution < 1.29 is 4.74 Å². The largest absolute Gasteiger partial charge is 0.496 e. The highest BCUT2D eigenvalue weighted by Crippen LogP contribution is 2.34. The molecule has 118 valence electrons. The smallest absolute Gasteiger partial charge is 0.133 e. The van der Waals surface area contributed by atoms with Crippen molar-refractivity contribution in [1.29, 1.82) is 0 Å². The molecule has 1 aliphatic rings. The molecule has 0 spiro atoms. The second kappa shape index (κ2) is 8.19. The zero-order valence-electron chi connectivity index (χ0n) is 13.5. The van der Waals surface area contributed by atoms with Crippen LogP contribution < -0.4 is 10.1 Å². The van der Waals surface area contributed by atoms with Gasteiger partial charge in [-0.25, -0.2) is 0 Å². The van der Waals surface area contributed by atoms with E-state index in [9.17, 15) is 0 Å². The van der Waals surface area contributed by atoms with Crippen LogP contribution in [0.4, 0.5) is 0 Å². The molecule has 2 nitrogen and oxygen atoms in total. The number of rotatable bonds is 7. The Morgan fingerprint density at radius 3 is 2.76 bits per heavy atom. The van der Waals surface area contributed by atoms with Crippen molar-refractivity contribution in [2.45, 2.75) is 52.0 Å². The molecule has 21 heavy (non-hydrogen) atoms. The first-order chi connectivity index (χ1) is 10.1. The van der Waals surface area contributed by atoms with Gasteiger partial charge >= 0.3 is 0 Å². The van der Waals surface area contributed by atoms with Crippen LogP contribution >= 0.6 is 15.9 Å². The second-order valence-electron chi connectivity index (χ2n) is 6.41. The van der Waals surface area contributed by atoms with Crippen molar-refractivity contribution in [3.63, 3.8) is 0 Å². The van der Waals surface area contributed by atoms with E-state index in [1.807, 2.05) is 0 Å². The molecule has 3 unspecified atom stereocenters. The van der Waals surface area contributed by atoms with Gasteiger partial charge in [-0.15, -0.1) is 0 Å². The van der Waals surface area contributed by atoms with Crippen LogP contribution in [0.5, 0.6) is 5.75 Å². The summed E-state index contributed by atoms with van der Waals surface area (Å²) < 4.78 is 6.37. The number of halogens is 1. The van der Waals surface area contributed by atoms with Gasteiger partial charge in [-0.2, -0.15) is 0 Å². The molecule has 0 saturated heterocycles. The topological polar surface area (TPSA) is 21.3 Å². The monoisotopic (exact) mass is 353 g/mol. The maximum Gasteiger partial charge on any atom is 0.133 e. The molecule has 1 aromatic rings. The molecule has 2 rings (SSSR count). The minimum atomic E-state index is 0.607. The molecular weight excluding hydrogens is 326 g/mol. The Kier molecular flexibility index (Phi) is 6.56. The average molecular weight is 354 g/mol. The molecule has 0 radical (unpaired) electrons. The highest BCUT2D eigenvalue weighted by Gasteiger charge is 2.28. The SMILES string of the molecule is CCCNC(Cc1ccc(OC)c(Br)c1)C1CCC(C)C1. The quantitative estimate of drug-likeness (QED) is 0.759. The molecule has 0 aromatic heterocycles. The molecule has 3 atom stereocenters. The summed E-state index contributed by atoms with van der Waals surface area (Å²) in [5.41, 5.74) is 1.39. The molecular formula is C18H28BrNO. The van der Waals surface area contributed by atoms with E-state index in [2.05, 4.69) is 53.3 Å². The molecule has 1 N–H and O–H groups in total. The fraction of sp³-hybridized carbons (Fsp3) is 0.667. The summed E-state index contributed by atoms with van der Waals surface area (Å²) >= 11 is 3.60. The van der Waals surface area contributed by atoms with Crippen LogP contribution in [0.15, 0.2) is 22.7 Å². The Labute approximate surface area is 137 Å². The molecule has 0 aliphatic heterocycles. The Balaban J connectivity index is 2.05. The minimum Gasteiger partial charge on any atom is -0.496 e. The van der Waals surface area contributed by atoms with Crippen molar-refractivity contribution in [1.82, 2.24) is 5.32 Å². The molecule has 1 aliphatic carbocycles. The molecule has 0 amide bonds. The van der Waals surface area contributed by atoms with Gasteiger partial charge in [0.25, 0.3) is 0 Å². The van der Waals surface area contributed by atoms with Gasteiger partial charge in [-0.3, -0.25) is 0 Å². The van der Waals surface area contributed by atoms with Crippen molar-refractivity contribution in [2.24, 2.45) is 11.8 Å². The lowest BCUT2D eigenvalue weighted by Gasteiger charge is -2.25. The fourth-order valence-corrected chi connectivity index (χ4v) is 4.03. The van der Waals surface area contributed by atoms with Gasteiger partial charge in [0.05, 0.1) is 11.6 Å². The summed E-state index contributed by atoms with van der Waals surface area (Å²) in [6.45, 7) is 5.75. The first kappa shape index (κ1) is 16.8. The predicted molar refractivity (Wildman–Crippen MR) is 93.0 cm³/mol. The van der Waals surface area contributed by atoms with Crippen molar-refractivity contribution in [3.05, 3.63) is 28.2 Å². The second-order valence-corrected chi connectivity index (χ2v) is 7.27. The highest BCUT2D eigenvalue weighted by atomic mass is 79.9. The van der Waals surface area contributed by atoms with E-state index in [0.29, 0.717) is 6.04 Å². The number of hydrogen-bond acceptors (Lipinski definition) is 2. The number of benzene rings is 1. The van der Waals surface area contributed by atoms with Crippen LogP contribution in [0.1, 0.15) is 45.1 Å². The third-order valence-electron chi connectivity index (χ3n) is 4.63. The summed E-state index contributed by atoms with van der Waals surface area (Å²) in [6, 6.07) is 7.07. The van der Waals surface area contributed by atoms with E-state index in [0.717, 1.165) is 35.0 Å². The molecule has 3 heteroatoms. The third kappa shape index (κ3) is 4.72. The third-order valence-corrected chi connectivity index (χ3v) is 5.25. The Bertz CT molecular complexity index is 449. The zero-order valence-corrected chi connectivity index (χ0v) is 15.1. The summed E-state index contributed by atoms with van der Waals surface area (Å²) in [5.74, 6) is 2.63. The van der Waals surface area contributed by atoms with Gasteiger partial charge in [0.2, 0.25) is 0 Å². The van der Waals surface area contributed by atoms with Gasteiger partial charge in [-0.1, -0.05) is 26.3 Å². The number of hydrogen-bond donors (Lipinski definition) is 1. The average Bonchev–Trinajstić information content (AvgIpc) is 2.90. The van der Waals surface area contributed by atoms with Crippen LogP contribution in [0.25, 0.3) is 0 Å². The summed E-state index contributed by atoms with van der Waals surface area (Å²) in [5, 5.41) is 3.78. The lowest BCUT2D eigenvalue weighted by molar-refractivity contribution is 0.348. The van der Waals surface area contributed by atoms with E-state index < -0.39 is 0 Å². The molecule has 1 aromatic carbocycles. The number of ether oxygens (including phenoxy) is 1. The van der Waals surface area contributed by atoms with Crippen molar-refractivity contribution in [3.8, 4) is 5.75 Å². The zero-order chi connectivity index (χ0) is 15.2. The van der Waals surface area contributed by atoms with E-state index in [1.54, 1.807) is 7.11 Å². The van der Waals surface area contributed by atoms with Crippen LogP contribution in [-0.4, -0.2) is 19.7 Å². The maximum atomic E-state index is 5.32. The van der Waals surface area contributed by atoms with Gasteiger partial charge in [0.15, 0.2) is 0 Å². The first-order valence-electron chi connectivity index (χ1n) is 8.19. The molecule has 0 bridgehead atoms. The van der Waals surface area contributed by atoms with E-state index >= 15 is 0 Å². The van der Waals surface area contributed by atoms with Crippen LogP contribution in [-0.2, 0) is 6.42 Å². The lowest BCUT2D eigenvalue weighted by atomic mass is 9.91. The van der Waals surface area contributed by atoms with E-state index in [1.165, 1.54) is 31.2 Å². The van der Waals surface area contributed by atoms with Crippen LogP contribution in [0.3, 0.4) is 0 Å². The summed E-state index contributed by atoms with van der Waals surface area (Å²) in [6.07, 6.45) is 6.45. The van der Waals surface area contributed by atoms with Gasteiger partial charge in [-0.05, 0) is 77.7 Å². The summed E-state index contributed by atoms with van der Waals surface area (Å²) in [7, 11) is 1.71. The van der Waals surface area contributed by atoms with Crippen molar-refractivity contribution in [2.75, 3.05) is 13.7 Å². The van der Waals surface area contributed by atoms with Gasteiger partial charge < -0.3 is 10.1 Å². The van der Waals surface area contributed by atoms with E-state index in [-0.39, 0.29) is 0 Å². The van der Waals surface area contributed by atoms with Gasteiger partial charge in [0.1, 0.15) is 5.75 Å². The normalized spacial score (nSPS) is 23.2. The highest BCUT2D eigenvalue weighted by molar-refractivity contribution is 9.10. The standard InChI is InChI=1S/C18H28BrNO/c1-4-9-20-17(15-7-5-13(2)10-15)12-14-6-8-18(21-3)16(19)11-14/h6,8,11,13,15,17,20H,4-5,7,9-10,12H2,1-3H3. The minimum absolute atomic E-state index is 0.607. The lowest BCUT2D eigenvalue weighted by Crippen LogP contribution is -2.37. The molecule has 1 fully saturated rings. The number of nitrogens with one attached hydrogen (secondary N) is 1. The van der Waals surface area contributed by atoms with Crippen LogP contribution in [0.2, 0.25) is 0 Å². The number of methoxy groups -OCH3 is 1. The maximum absolute atomic E-state index is 5.32. The van der Waals surface area contributed by atoms with Crippen LogP contribution in [0, 0.1) is 11.8 Å². The predicted octanol–water partition coefficient (Wildman–Crippen LogP) is 4.80. The Hall–Kier alpha value is -0.540. The fourth-order valence-electron chi connectivity index (χ4n) is 3.44. The van der Waals surface area contributed by atoms with Crippen molar-refractivity contribution >= 4 is 15.9 Å². The molecule has 1 saturated carbocycles. The Morgan fingerprint density at radius 2 is 2.19 bits per heavy atom. The molecule has 0 heterocycles. The van der Waals surface area contributed by atoms with E-state index in [4.69, 9.17) is 4.74 Å². The first-order valence-corrected chi connectivity index (χ1v) is 8.99. The summed E-state index contributed by atoms with van der Waals surface area (Å²) in [4.78, 5) is 0.